The van der Waals surface area contributed by atoms with E-state index in [-0.39, 0.29) is 18.7 Å². The molecule has 1 aromatic heterocycles. The molecule has 1 aromatic rings. The van der Waals surface area contributed by atoms with Crippen LogP contribution >= 0.6 is 11.3 Å². The SMILES string of the molecule is CCN(CCO)C(=O)NC(C)Cc1ccc(C)s1. The number of hydrogen-bond donors (Lipinski definition) is 2. The average Bonchev–Trinajstić information content (AvgIpc) is 2.71. The predicted octanol–water partition coefficient (Wildman–Crippen LogP) is 2.01. The van der Waals surface area contributed by atoms with Gasteiger partial charge in [-0.25, -0.2) is 4.79 Å². The number of hydrogen-bond acceptors (Lipinski definition) is 3. The zero-order chi connectivity index (χ0) is 13.5. The molecule has 1 heterocycles. The van der Waals surface area contributed by atoms with Crippen molar-refractivity contribution in [2.75, 3.05) is 19.7 Å². The Morgan fingerprint density at radius 1 is 1.56 bits per heavy atom. The molecule has 2 N–H and O–H groups in total. The number of carbonyl (C=O) groups excluding carboxylic acids is 1. The van der Waals surface area contributed by atoms with Crippen molar-refractivity contribution in [2.24, 2.45) is 0 Å². The van der Waals surface area contributed by atoms with Crippen molar-refractivity contribution < 1.29 is 9.90 Å². The molecule has 18 heavy (non-hydrogen) atoms. The number of thiophene rings is 1. The van der Waals surface area contributed by atoms with Crippen LogP contribution in [0.15, 0.2) is 12.1 Å². The van der Waals surface area contributed by atoms with E-state index in [0.717, 1.165) is 6.42 Å². The van der Waals surface area contributed by atoms with E-state index >= 15 is 0 Å². The van der Waals surface area contributed by atoms with Gasteiger partial charge in [-0.1, -0.05) is 0 Å². The van der Waals surface area contributed by atoms with Crippen molar-refractivity contribution in [1.29, 1.82) is 0 Å². The smallest absolute Gasteiger partial charge is 0.317 e. The average molecular weight is 270 g/mol. The third kappa shape index (κ3) is 4.66. The van der Waals surface area contributed by atoms with E-state index in [1.54, 1.807) is 16.2 Å². The molecular formula is C13H22N2O2S. The van der Waals surface area contributed by atoms with Crippen LogP contribution in [0.2, 0.25) is 0 Å². The minimum absolute atomic E-state index is 0.000238. The molecule has 0 aromatic carbocycles. The number of aliphatic hydroxyl groups excluding tert-OH is 1. The Morgan fingerprint density at radius 2 is 2.28 bits per heavy atom. The summed E-state index contributed by atoms with van der Waals surface area (Å²) >= 11 is 1.76. The second kappa shape index (κ2) is 7.38. The van der Waals surface area contributed by atoms with Crippen LogP contribution in [0.1, 0.15) is 23.6 Å². The largest absolute Gasteiger partial charge is 0.395 e. The molecule has 0 aliphatic rings. The van der Waals surface area contributed by atoms with Gasteiger partial charge in [0.15, 0.2) is 0 Å². The second-order valence-corrected chi connectivity index (χ2v) is 5.74. The van der Waals surface area contributed by atoms with Crippen LogP contribution in [0, 0.1) is 6.92 Å². The van der Waals surface area contributed by atoms with Crippen molar-refractivity contribution in [3.63, 3.8) is 0 Å². The quantitative estimate of drug-likeness (QED) is 0.831. The summed E-state index contributed by atoms with van der Waals surface area (Å²) in [4.78, 5) is 16.1. The molecule has 0 bridgehead atoms. The predicted molar refractivity (Wildman–Crippen MR) is 75.1 cm³/mol. The molecule has 1 rings (SSSR count). The number of nitrogens with zero attached hydrogens (tertiary/aromatic N) is 1. The molecule has 102 valence electrons. The minimum Gasteiger partial charge on any atom is -0.395 e. The zero-order valence-corrected chi connectivity index (χ0v) is 12.1. The van der Waals surface area contributed by atoms with Crippen LogP contribution in [-0.4, -0.2) is 41.8 Å². The van der Waals surface area contributed by atoms with Crippen LogP contribution < -0.4 is 5.32 Å². The highest BCUT2D eigenvalue weighted by Crippen LogP contribution is 2.16. The first-order valence-electron chi connectivity index (χ1n) is 6.28. The first kappa shape index (κ1) is 15.0. The number of nitrogens with one attached hydrogen (secondary N) is 1. The van der Waals surface area contributed by atoms with E-state index in [1.807, 2.05) is 13.8 Å². The van der Waals surface area contributed by atoms with Gasteiger partial charge in [0, 0.05) is 35.3 Å². The Kier molecular flexibility index (Phi) is 6.15. The van der Waals surface area contributed by atoms with Gasteiger partial charge in [-0.3, -0.25) is 0 Å². The molecule has 0 saturated heterocycles. The van der Waals surface area contributed by atoms with E-state index in [0.29, 0.717) is 13.1 Å². The fourth-order valence-corrected chi connectivity index (χ4v) is 2.79. The molecule has 0 spiro atoms. The van der Waals surface area contributed by atoms with Crippen molar-refractivity contribution in [1.82, 2.24) is 10.2 Å². The number of aryl methyl sites for hydroxylation is 1. The number of carbonyl (C=O) groups is 1. The minimum atomic E-state index is -0.104. The molecule has 0 saturated carbocycles. The van der Waals surface area contributed by atoms with Gasteiger partial charge in [-0.15, -0.1) is 11.3 Å². The maximum Gasteiger partial charge on any atom is 0.317 e. The molecule has 0 aliphatic heterocycles. The van der Waals surface area contributed by atoms with Crippen molar-refractivity contribution in [2.45, 2.75) is 33.2 Å². The number of amides is 2. The Labute approximate surface area is 113 Å². The van der Waals surface area contributed by atoms with Crippen LogP contribution in [-0.2, 0) is 6.42 Å². The number of aliphatic hydroxyl groups is 1. The van der Waals surface area contributed by atoms with Gasteiger partial charge in [0.1, 0.15) is 0 Å². The number of urea groups is 1. The van der Waals surface area contributed by atoms with E-state index in [1.165, 1.54) is 9.75 Å². The van der Waals surface area contributed by atoms with Crippen LogP contribution in [0.25, 0.3) is 0 Å². The Morgan fingerprint density at radius 3 is 2.78 bits per heavy atom. The lowest BCUT2D eigenvalue weighted by Gasteiger charge is -2.23. The summed E-state index contributed by atoms with van der Waals surface area (Å²) in [5.41, 5.74) is 0. The van der Waals surface area contributed by atoms with Crippen LogP contribution in [0.4, 0.5) is 4.79 Å². The van der Waals surface area contributed by atoms with Crippen LogP contribution in [0.3, 0.4) is 0 Å². The normalized spacial score (nSPS) is 12.2. The van der Waals surface area contributed by atoms with Crippen molar-refractivity contribution in [3.8, 4) is 0 Å². The maximum absolute atomic E-state index is 11.9. The fraction of sp³-hybridized carbons (Fsp3) is 0.615. The summed E-state index contributed by atoms with van der Waals surface area (Å²) in [6.07, 6.45) is 0.848. The monoisotopic (exact) mass is 270 g/mol. The fourth-order valence-electron chi connectivity index (χ4n) is 1.77. The molecule has 0 aliphatic carbocycles. The van der Waals surface area contributed by atoms with Gasteiger partial charge in [0.25, 0.3) is 0 Å². The Balaban J connectivity index is 2.43. The molecule has 1 atom stereocenters. The summed E-state index contributed by atoms with van der Waals surface area (Å²) in [5, 5.41) is 11.8. The summed E-state index contributed by atoms with van der Waals surface area (Å²) < 4.78 is 0. The first-order chi connectivity index (χ1) is 8.56. The summed E-state index contributed by atoms with van der Waals surface area (Å²) in [6, 6.07) is 4.20. The molecule has 1 unspecified atom stereocenters. The van der Waals surface area contributed by atoms with E-state index < -0.39 is 0 Å². The molecule has 4 nitrogen and oxygen atoms in total. The summed E-state index contributed by atoms with van der Waals surface area (Å²) in [5.74, 6) is 0. The number of rotatable bonds is 6. The lowest BCUT2D eigenvalue weighted by Crippen LogP contribution is -2.45. The lowest BCUT2D eigenvalue weighted by atomic mass is 10.2. The molecular weight excluding hydrogens is 248 g/mol. The van der Waals surface area contributed by atoms with Crippen molar-refractivity contribution >= 4 is 17.4 Å². The van der Waals surface area contributed by atoms with Crippen LogP contribution in [0.5, 0.6) is 0 Å². The third-order valence-electron chi connectivity index (χ3n) is 2.71. The van der Waals surface area contributed by atoms with E-state index in [9.17, 15) is 4.79 Å². The lowest BCUT2D eigenvalue weighted by molar-refractivity contribution is 0.178. The second-order valence-electron chi connectivity index (χ2n) is 4.37. The molecule has 5 heteroatoms. The molecule has 2 amide bonds. The third-order valence-corrected chi connectivity index (χ3v) is 3.74. The Hall–Kier alpha value is -1.07. The first-order valence-corrected chi connectivity index (χ1v) is 7.10. The van der Waals surface area contributed by atoms with Gasteiger partial charge >= 0.3 is 6.03 Å². The zero-order valence-electron chi connectivity index (χ0n) is 11.3. The highest BCUT2D eigenvalue weighted by atomic mass is 32.1. The standard InChI is InChI=1S/C13H22N2O2S/c1-4-15(7-8-16)13(17)14-10(2)9-12-6-5-11(3)18-12/h5-6,10,16H,4,7-9H2,1-3H3,(H,14,17). The topological polar surface area (TPSA) is 52.6 Å². The maximum atomic E-state index is 11.9. The van der Waals surface area contributed by atoms with Gasteiger partial charge < -0.3 is 15.3 Å². The van der Waals surface area contributed by atoms with Gasteiger partial charge in [-0.05, 0) is 32.9 Å². The van der Waals surface area contributed by atoms with E-state index in [2.05, 4.69) is 24.4 Å². The highest BCUT2D eigenvalue weighted by molar-refractivity contribution is 7.11. The number of likely N-dealkylation sites (N-methyl/N-ethyl adjacent to an activating group) is 1. The summed E-state index contributed by atoms with van der Waals surface area (Å²) in [6.45, 7) is 6.98. The van der Waals surface area contributed by atoms with Gasteiger partial charge in [0.05, 0.1) is 6.61 Å². The van der Waals surface area contributed by atoms with Crippen molar-refractivity contribution in [3.05, 3.63) is 21.9 Å². The molecule has 0 fully saturated rings. The Bertz CT molecular complexity index is 379. The molecule has 0 radical (unpaired) electrons. The highest BCUT2D eigenvalue weighted by Gasteiger charge is 2.14. The van der Waals surface area contributed by atoms with Gasteiger partial charge in [0.2, 0.25) is 0 Å². The van der Waals surface area contributed by atoms with E-state index in [4.69, 9.17) is 5.11 Å². The van der Waals surface area contributed by atoms with Gasteiger partial charge in [-0.2, -0.15) is 0 Å². The summed E-state index contributed by atoms with van der Waals surface area (Å²) in [7, 11) is 0.